The van der Waals surface area contributed by atoms with Gasteiger partial charge in [0.05, 0.1) is 17.7 Å². The Morgan fingerprint density at radius 3 is 2.43 bits per heavy atom. The van der Waals surface area contributed by atoms with Crippen LogP contribution in [-0.4, -0.2) is 27.9 Å². The second kappa shape index (κ2) is 7.91. The lowest BCUT2D eigenvalue weighted by molar-refractivity contribution is -0.138. The summed E-state index contributed by atoms with van der Waals surface area (Å²) in [6, 6.07) is 2.97. The van der Waals surface area contributed by atoms with Crippen LogP contribution in [0.2, 0.25) is 0 Å². The van der Waals surface area contributed by atoms with Gasteiger partial charge in [0.2, 0.25) is 5.95 Å². The van der Waals surface area contributed by atoms with Crippen molar-refractivity contribution in [2.24, 2.45) is 0 Å². The van der Waals surface area contributed by atoms with Crippen molar-refractivity contribution in [1.29, 1.82) is 0 Å². The number of hydrogen-bond donors (Lipinski definition) is 0. The number of rotatable bonds is 4. The van der Waals surface area contributed by atoms with Gasteiger partial charge >= 0.3 is 12.3 Å². The maximum atomic E-state index is 13.9. The SMILES string of the molecule is CC(C)(C)OC(=O)N(Cc1cnccc1C(F)(F)F)c1ccc(C=O)c(F)n1. The van der Waals surface area contributed by atoms with Crippen LogP contribution in [0.5, 0.6) is 0 Å². The third-order valence-electron chi connectivity index (χ3n) is 3.42. The summed E-state index contributed by atoms with van der Waals surface area (Å²) in [6.07, 6.45) is -3.56. The lowest BCUT2D eigenvalue weighted by atomic mass is 10.1. The predicted octanol–water partition coefficient (Wildman–Crippen LogP) is 4.39. The molecule has 0 bridgehead atoms. The van der Waals surface area contributed by atoms with Crippen LogP contribution in [0.4, 0.5) is 28.2 Å². The van der Waals surface area contributed by atoms with Gasteiger partial charge in [0.25, 0.3) is 0 Å². The van der Waals surface area contributed by atoms with Crippen LogP contribution in [0.3, 0.4) is 0 Å². The fourth-order valence-corrected chi connectivity index (χ4v) is 2.23. The first-order chi connectivity index (χ1) is 12.9. The number of carbonyl (C=O) groups is 2. The van der Waals surface area contributed by atoms with Crippen molar-refractivity contribution in [3.8, 4) is 0 Å². The maximum Gasteiger partial charge on any atom is 0.416 e. The number of aldehydes is 1. The van der Waals surface area contributed by atoms with Crippen molar-refractivity contribution in [2.75, 3.05) is 4.90 Å². The molecule has 2 rings (SSSR count). The van der Waals surface area contributed by atoms with E-state index >= 15 is 0 Å². The summed E-state index contributed by atoms with van der Waals surface area (Å²) in [4.78, 5) is 31.2. The Kier molecular flexibility index (Phi) is 6.01. The van der Waals surface area contributed by atoms with Crippen LogP contribution >= 0.6 is 0 Å². The minimum absolute atomic E-state index is 0.229. The Bertz CT molecular complexity index is 879. The number of hydrogen-bond acceptors (Lipinski definition) is 5. The van der Waals surface area contributed by atoms with Crippen molar-refractivity contribution in [3.05, 3.63) is 53.2 Å². The number of nitrogens with zero attached hydrogens (tertiary/aromatic N) is 3. The molecule has 0 aromatic carbocycles. The van der Waals surface area contributed by atoms with E-state index in [4.69, 9.17) is 4.74 Å². The van der Waals surface area contributed by atoms with Crippen molar-refractivity contribution in [3.63, 3.8) is 0 Å². The number of aromatic nitrogens is 2. The summed E-state index contributed by atoms with van der Waals surface area (Å²) in [6.45, 7) is 4.08. The molecule has 150 valence electrons. The fraction of sp³-hybridized carbons (Fsp3) is 0.333. The number of pyridine rings is 2. The molecule has 0 atom stereocenters. The molecule has 2 aromatic heterocycles. The molecule has 0 unspecified atom stereocenters. The molecular formula is C18H17F4N3O3. The van der Waals surface area contributed by atoms with E-state index in [1.165, 1.54) is 0 Å². The van der Waals surface area contributed by atoms with Gasteiger partial charge in [0, 0.05) is 18.0 Å². The lowest BCUT2D eigenvalue weighted by Gasteiger charge is -2.27. The summed E-state index contributed by atoms with van der Waals surface area (Å²) in [5.74, 6) is -1.47. The molecule has 10 heteroatoms. The van der Waals surface area contributed by atoms with Crippen LogP contribution in [0.25, 0.3) is 0 Å². The van der Waals surface area contributed by atoms with Gasteiger partial charge in [0.15, 0.2) is 6.29 Å². The van der Waals surface area contributed by atoms with E-state index < -0.39 is 35.9 Å². The van der Waals surface area contributed by atoms with Crippen molar-refractivity contribution in [2.45, 2.75) is 39.1 Å². The minimum Gasteiger partial charge on any atom is -0.443 e. The predicted molar refractivity (Wildman–Crippen MR) is 91.2 cm³/mol. The fourth-order valence-electron chi connectivity index (χ4n) is 2.23. The second-order valence-corrected chi connectivity index (χ2v) is 6.76. The standard InChI is InChI=1S/C18H17F4N3O3/c1-17(2,3)28-16(27)25(14-5-4-11(10-26)15(19)24-14)9-12-8-23-7-6-13(12)18(20,21)22/h4-8,10H,9H2,1-3H3. The molecule has 1 amide bonds. The first-order valence-electron chi connectivity index (χ1n) is 8.04. The summed E-state index contributed by atoms with van der Waals surface area (Å²) in [5.41, 5.74) is -2.65. The molecule has 0 radical (unpaired) electrons. The Labute approximate surface area is 158 Å². The zero-order chi connectivity index (χ0) is 21.1. The van der Waals surface area contributed by atoms with Crippen molar-refractivity contribution < 1.29 is 31.9 Å². The van der Waals surface area contributed by atoms with E-state index in [0.29, 0.717) is 0 Å². The molecule has 28 heavy (non-hydrogen) atoms. The third-order valence-corrected chi connectivity index (χ3v) is 3.42. The molecular weight excluding hydrogens is 382 g/mol. The van der Waals surface area contributed by atoms with Crippen LogP contribution in [0, 0.1) is 5.95 Å². The van der Waals surface area contributed by atoms with E-state index in [1.807, 2.05) is 0 Å². The molecule has 0 spiro atoms. The van der Waals surface area contributed by atoms with Gasteiger partial charge in [-0.15, -0.1) is 0 Å². The molecule has 0 aliphatic carbocycles. The molecule has 2 heterocycles. The van der Waals surface area contributed by atoms with Gasteiger partial charge in [-0.2, -0.15) is 17.6 Å². The van der Waals surface area contributed by atoms with E-state index in [9.17, 15) is 27.2 Å². The van der Waals surface area contributed by atoms with Gasteiger partial charge in [-0.05, 0) is 39.0 Å². The molecule has 0 aliphatic rings. The summed E-state index contributed by atoms with van der Waals surface area (Å²) < 4.78 is 58.9. The zero-order valence-electron chi connectivity index (χ0n) is 15.2. The van der Waals surface area contributed by atoms with Crippen molar-refractivity contribution in [1.82, 2.24) is 9.97 Å². The third kappa shape index (κ3) is 5.24. The summed E-state index contributed by atoms with van der Waals surface area (Å²) in [7, 11) is 0. The topological polar surface area (TPSA) is 72.4 Å². The normalized spacial score (nSPS) is 11.8. The highest BCUT2D eigenvalue weighted by Crippen LogP contribution is 2.32. The van der Waals surface area contributed by atoms with E-state index in [1.54, 1.807) is 20.8 Å². The first-order valence-corrected chi connectivity index (χ1v) is 8.04. The maximum absolute atomic E-state index is 13.9. The summed E-state index contributed by atoms with van der Waals surface area (Å²) in [5, 5.41) is 0. The number of halogens is 4. The smallest absolute Gasteiger partial charge is 0.416 e. The largest absolute Gasteiger partial charge is 0.443 e. The highest BCUT2D eigenvalue weighted by molar-refractivity contribution is 5.87. The quantitative estimate of drug-likeness (QED) is 0.433. The van der Waals surface area contributed by atoms with Gasteiger partial charge < -0.3 is 4.74 Å². The zero-order valence-corrected chi connectivity index (χ0v) is 15.2. The van der Waals surface area contributed by atoms with Gasteiger partial charge in [-0.25, -0.2) is 9.78 Å². The number of amides is 1. The van der Waals surface area contributed by atoms with E-state index in [0.717, 1.165) is 35.5 Å². The molecule has 0 fully saturated rings. The second-order valence-electron chi connectivity index (χ2n) is 6.76. The lowest BCUT2D eigenvalue weighted by Crippen LogP contribution is -2.37. The Morgan fingerprint density at radius 2 is 1.89 bits per heavy atom. The average molecular weight is 399 g/mol. The van der Waals surface area contributed by atoms with Gasteiger partial charge in [-0.3, -0.25) is 14.7 Å². The van der Waals surface area contributed by atoms with Crippen LogP contribution in [-0.2, 0) is 17.5 Å². The number of ether oxygens (including phenoxy) is 1. The average Bonchev–Trinajstić information content (AvgIpc) is 2.57. The van der Waals surface area contributed by atoms with E-state index in [2.05, 4.69) is 9.97 Å². The van der Waals surface area contributed by atoms with Gasteiger partial charge in [-0.1, -0.05) is 0 Å². The Morgan fingerprint density at radius 1 is 1.21 bits per heavy atom. The van der Waals surface area contributed by atoms with Crippen LogP contribution < -0.4 is 4.90 Å². The summed E-state index contributed by atoms with van der Waals surface area (Å²) >= 11 is 0. The van der Waals surface area contributed by atoms with Gasteiger partial charge in [0.1, 0.15) is 11.4 Å². The molecule has 0 aliphatic heterocycles. The Hall–Kier alpha value is -3.04. The Balaban J connectivity index is 2.50. The monoisotopic (exact) mass is 399 g/mol. The van der Waals surface area contributed by atoms with E-state index in [-0.39, 0.29) is 23.2 Å². The number of alkyl halides is 3. The number of carbonyl (C=O) groups excluding carboxylic acids is 2. The molecule has 0 saturated heterocycles. The van der Waals surface area contributed by atoms with Crippen LogP contribution in [0.15, 0.2) is 30.6 Å². The molecule has 0 saturated carbocycles. The van der Waals surface area contributed by atoms with Crippen LogP contribution in [0.1, 0.15) is 42.3 Å². The number of anilines is 1. The van der Waals surface area contributed by atoms with Crippen molar-refractivity contribution >= 4 is 18.2 Å². The molecule has 6 nitrogen and oxygen atoms in total. The highest BCUT2D eigenvalue weighted by atomic mass is 19.4. The minimum atomic E-state index is -4.68. The molecule has 0 N–H and O–H groups in total. The molecule has 2 aromatic rings. The first kappa shape index (κ1) is 21.3. The highest BCUT2D eigenvalue weighted by Gasteiger charge is 2.35.